The second kappa shape index (κ2) is 5.28. The molecule has 0 saturated heterocycles. The first-order chi connectivity index (χ1) is 9.60. The highest BCUT2D eigenvalue weighted by molar-refractivity contribution is 7.89. The number of alkyl halides is 3. The van der Waals surface area contributed by atoms with Crippen molar-refractivity contribution in [2.24, 2.45) is 0 Å². The average molecular weight is 324 g/mol. The number of carbonyl (C=O) groups is 1. The standard InChI is InChI=1S/C11H11F3N2O4S/c1-16-9-3-2-8(4-7(9)5-10(16)17)21(18,19)15-20-6-11(12,13)14/h2-4,15H,5-6H2,1H3. The molecule has 0 unspecified atom stereocenters. The van der Waals surface area contributed by atoms with E-state index in [-0.39, 0.29) is 17.2 Å². The first-order valence-corrected chi connectivity index (χ1v) is 7.18. The summed E-state index contributed by atoms with van der Waals surface area (Å²) in [5.41, 5.74) is 1.05. The monoisotopic (exact) mass is 324 g/mol. The van der Waals surface area contributed by atoms with E-state index in [0.717, 1.165) is 0 Å². The van der Waals surface area contributed by atoms with E-state index in [2.05, 4.69) is 4.84 Å². The van der Waals surface area contributed by atoms with Crippen LogP contribution in [0.15, 0.2) is 23.1 Å². The predicted molar refractivity (Wildman–Crippen MR) is 65.9 cm³/mol. The van der Waals surface area contributed by atoms with Crippen molar-refractivity contribution in [3.8, 4) is 0 Å². The molecule has 2 rings (SSSR count). The third kappa shape index (κ3) is 3.52. The van der Waals surface area contributed by atoms with Gasteiger partial charge in [-0.05, 0) is 23.8 Å². The number of nitrogens with one attached hydrogen (secondary N) is 1. The number of hydrogen-bond acceptors (Lipinski definition) is 4. The van der Waals surface area contributed by atoms with Crippen molar-refractivity contribution < 1.29 is 31.2 Å². The minimum Gasteiger partial charge on any atom is -0.315 e. The Morgan fingerprint density at radius 2 is 2.05 bits per heavy atom. The second-order valence-electron chi connectivity index (χ2n) is 4.41. The lowest BCUT2D eigenvalue weighted by Crippen LogP contribution is -2.29. The van der Waals surface area contributed by atoms with Crippen molar-refractivity contribution in [2.45, 2.75) is 17.5 Å². The summed E-state index contributed by atoms with van der Waals surface area (Å²) in [6.45, 7) is -1.74. The van der Waals surface area contributed by atoms with Gasteiger partial charge in [0, 0.05) is 12.7 Å². The van der Waals surface area contributed by atoms with Gasteiger partial charge in [-0.3, -0.25) is 9.63 Å². The van der Waals surface area contributed by atoms with Crippen LogP contribution in [0, 0.1) is 0 Å². The Morgan fingerprint density at radius 3 is 2.67 bits per heavy atom. The zero-order valence-electron chi connectivity index (χ0n) is 10.8. The number of fused-ring (bicyclic) bond motifs is 1. The maximum absolute atomic E-state index is 11.9. The molecule has 1 aromatic rings. The number of anilines is 1. The smallest absolute Gasteiger partial charge is 0.315 e. The second-order valence-corrected chi connectivity index (χ2v) is 6.06. The van der Waals surface area contributed by atoms with E-state index in [4.69, 9.17) is 0 Å². The summed E-state index contributed by atoms with van der Waals surface area (Å²) in [6, 6.07) is 3.84. The highest BCUT2D eigenvalue weighted by Gasteiger charge is 2.30. The summed E-state index contributed by atoms with van der Waals surface area (Å²) in [6.07, 6.45) is -4.60. The van der Waals surface area contributed by atoms with Gasteiger partial charge in [0.25, 0.3) is 10.0 Å². The zero-order chi connectivity index (χ0) is 15.8. The molecule has 6 nitrogen and oxygen atoms in total. The molecule has 1 amide bonds. The largest absolute Gasteiger partial charge is 0.413 e. The van der Waals surface area contributed by atoms with Crippen LogP contribution in [0.4, 0.5) is 18.9 Å². The normalized spacial score (nSPS) is 15.4. The molecule has 1 aliphatic rings. The molecule has 0 spiro atoms. The Bertz CT molecular complexity index is 673. The van der Waals surface area contributed by atoms with Crippen LogP contribution < -0.4 is 9.79 Å². The SMILES string of the molecule is CN1C(=O)Cc2cc(S(=O)(=O)NOCC(F)(F)F)ccc21. The number of amides is 1. The van der Waals surface area contributed by atoms with Crippen LogP contribution in [0.2, 0.25) is 0 Å². The van der Waals surface area contributed by atoms with Crippen LogP contribution in [0.1, 0.15) is 5.56 Å². The van der Waals surface area contributed by atoms with Gasteiger partial charge in [0.05, 0.1) is 11.3 Å². The molecule has 1 aromatic carbocycles. The molecular formula is C11H11F3N2O4S. The summed E-state index contributed by atoms with van der Waals surface area (Å²) in [7, 11) is -2.69. The Balaban J connectivity index is 2.15. The van der Waals surface area contributed by atoms with Crippen molar-refractivity contribution in [1.82, 2.24) is 4.89 Å². The maximum atomic E-state index is 11.9. The molecule has 1 aliphatic heterocycles. The Kier molecular flexibility index (Phi) is 3.95. The molecular weight excluding hydrogens is 313 g/mol. The van der Waals surface area contributed by atoms with Gasteiger partial charge in [-0.2, -0.15) is 13.2 Å². The van der Waals surface area contributed by atoms with Crippen molar-refractivity contribution in [2.75, 3.05) is 18.6 Å². The molecule has 0 saturated carbocycles. The topological polar surface area (TPSA) is 75.7 Å². The summed E-state index contributed by atoms with van der Waals surface area (Å²) >= 11 is 0. The van der Waals surface area contributed by atoms with Gasteiger partial charge in [0.15, 0.2) is 6.61 Å². The van der Waals surface area contributed by atoms with Gasteiger partial charge in [-0.15, -0.1) is 0 Å². The van der Waals surface area contributed by atoms with E-state index in [0.29, 0.717) is 11.3 Å². The minimum absolute atomic E-state index is 0.0403. The van der Waals surface area contributed by atoms with Crippen LogP contribution in [0.25, 0.3) is 0 Å². The highest BCUT2D eigenvalue weighted by atomic mass is 32.2. The molecule has 1 heterocycles. The summed E-state index contributed by atoms with van der Waals surface area (Å²) in [5, 5.41) is 0. The number of nitrogens with zero attached hydrogens (tertiary/aromatic N) is 1. The van der Waals surface area contributed by atoms with E-state index >= 15 is 0 Å². The number of carbonyl (C=O) groups excluding carboxylic acids is 1. The summed E-state index contributed by atoms with van der Waals surface area (Å²) in [4.78, 5) is 17.9. The third-order valence-corrected chi connectivity index (χ3v) is 4.05. The molecule has 21 heavy (non-hydrogen) atoms. The lowest BCUT2D eigenvalue weighted by Gasteiger charge is -2.12. The van der Waals surface area contributed by atoms with Crippen molar-refractivity contribution in [1.29, 1.82) is 0 Å². The molecule has 116 valence electrons. The van der Waals surface area contributed by atoms with Crippen LogP contribution in [0.5, 0.6) is 0 Å². The van der Waals surface area contributed by atoms with Crippen molar-refractivity contribution in [3.63, 3.8) is 0 Å². The van der Waals surface area contributed by atoms with E-state index in [9.17, 15) is 26.4 Å². The molecule has 0 aromatic heterocycles. The summed E-state index contributed by atoms with van der Waals surface area (Å²) in [5.74, 6) is -0.194. The molecule has 0 atom stereocenters. The van der Waals surface area contributed by atoms with E-state index in [1.165, 1.54) is 28.0 Å². The highest BCUT2D eigenvalue weighted by Crippen LogP contribution is 2.29. The van der Waals surface area contributed by atoms with E-state index in [1.54, 1.807) is 7.05 Å². The molecule has 1 N–H and O–H groups in total. The lowest BCUT2D eigenvalue weighted by atomic mass is 10.2. The maximum Gasteiger partial charge on any atom is 0.413 e. The Hall–Kier alpha value is -1.65. The molecule has 0 aliphatic carbocycles. The molecule has 0 bridgehead atoms. The number of hydrogen-bond donors (Lipinski definition) is 1. The van der Waals surface area contributed by atoms with Crippen LogP contribution in [0.3, 0.4) is 0 Å². The summed E-state index contributed by atoms with van der Waals surface area (Å²) < 4.78 is 59.2. The third-order valence-electron chi connectivity index (χ3n) is 2.84. The molecule has 0 fully saturated rings. The van der Waals surface area contributed by atoms with Crippen LogP contribution in [-0.2, 0) is 26.1 Å². The quantitative estimate of drug-likeness (QED) is 0.838. The lowest BCUT2D eigenvalue weighted by molar-refractivity contribution is -0.181. The molecule has 10 heteroatoms. The first kappa shape index (κ1) is 15.7. The number of rotatable bonds is 4. The Morgan fingerprint density at radius 1 is 1.38 bits per heavy atom. The Labute approximate surface area is 118 Å². The van der Waals surface area contributed by atoms with Gasteiger partial charge >= 0.3 is 6.18 Å². The fraction of sp³-hybridized carbons (Fsp3) is 0.364. The van der Waals surface area contributed by atoms with Crippen molar-refractivity contribution in [3.05, 3.63) is 23.8 Å². The number of likely N-dealkylation sites (N-methyl/N-ethyl adjacent to an activating group) is 1. The van der Waals surface area contributed by atoms with E-state index in [1.807, 2.05) is 0 Å². The van der Waals surface area contributed by atoms with Gasteiger partial charge in [-0.1, -0.05) is 4.89 Å². The minimum atomic E-state index is -4.64. The van der Waals surface area contributed by atoms with Crippen LogP contribution >= 0.6 is 0 Å². The first-order valence-electron chi connectivity index (χ1n) is 5.70. The van der Waals surface area contributed by atoms with Gasteiger partial charge in [0.1, 0.15) is 0 Å². The average Bonchev–Trinajstić information content (AvgIpc) is 2.63. The molecule has 0 radical (unpaired) electrons. The number of halogens is 3. The van der Waals surface area contributed by atoms with Crippen molar-refractivity contribution >= 4 is 21.6 Å². The van der Waals surface area contributed by atoms with Gasteiger partial charge in [0.2, 0.25) is 5.91 Å². The van der Waals surface area contributed by atoms with Crippen LogP contribution in [-0.4, -0.2) is 34.2 Å². The predicted octanol–water partition coefficient (Wildman–Crippen LogP) is 0.978. The van der Waals surface area contributed by atoms with Gasteiger partial charge in [-0.25, -0.2) is 8.42 Å². The zero-order valence-corrected chi connectivity index (χ0v) is 11.6. The number of sulfonamides is 1. The van der Waals surface area contributed by atoms with Gasteiger partial charge < -0.3 is 4.90 Å². The fourth-order valence-corrected chi connectivity index (χ4v) is 2.71. The number of benzene rings is 1. The van der Waals surface area contributed by atoms with E-state index < -0.39 is 22.8 Å². The fourth-order valence-electron chi connectivity index (χ4n) is 1.85.